The van der Waals surface area contributed by atoms with Gasteiger partial charge in [0.15, 0.2) is 0 Å². The van der Waals surface area contributed by atoms with Gasteiger partial charge in [0.1, 0.15) is 5.75 Å². The number of rotatable bonds is 9. The maximum absolute atomic E-state index is 11.7. The van der Waals surface area contributed by atoms with Crippen molar-refractivity contribution in [3.8, 4) is 5.75 Å². The van der Waals surface area contributed by atoms with Crippen molar-refractivity contribution < 1.29 is 19.4 Å². The van der Waals surface area contributed by atoms with Gasteiger partial charge in [-0.3, -0.25) is 4.79 Å². The number of benzene rings is 1. The molecule has 0 saturated heterocycles. The first-order chi connectivity index (χ1) is 9.65. The number of ether oxygens (including phenoxy) is 2. The molecular formula is C14H20BrNO4. The van der Waals surface area contributed by atoms with E-state index in [4.69, 9.17) is 14.6 Å². The summed E-state index contributed by atoms with van der Waals surface area (Å²) in [4.78, 5) is 11.7. The number of hydrogen-bond acceptors (Lipinski definition) is 4. The molecule has 0 aliphatic carbocycles. The Hall–Kier alpha value is -1.11. The number of hydrogen-bond donors (Lipinski definition) is 2. The summed E-state index contributed by atoms with van der Waals surface area (Å²) in [6.07, 6.45) is 0.745. The molecule has 0 radical (unpaired) electrons. The van der Waals surface area contributed by atoms with Gasteiger partial charge >= 0.3 is 0 Å². The highest BCUT2D eigenvalue weighted by molar-refractivity contribution is 9.10. The highest BCUT2D eigenvalue weighted by Gasteiger charge is 2.11. The van der Waals surface area contributed by atoms with Crippen molar-refractivity contribution in [1.29, 1.82) is 0 Å². The molecule has 6 heteroatoms. The number of nitrogens with one attached hydrogen (secondary N) is 1. The van der Waals surface area contributed by atoms with Crippen LogP contribution < -0.4 is 10.1 Å². The van der Waals surface area contributed by atoms with Crippen molar-refractivity contribution in [1.82, 2.24) is 5.32 Å². The summed E-state index contributed by atoms with van der Waals surface area (Å²) in [7, 11) is 1.56. The summed E-state index contributed by atoms with van der Waals surface area (Å²) in [5.74, 6) is 0.613. The third-order valence-electron chi connectivity index (χ3n) is 2.62. The minimum atomic E-state index is -0.162. The van der Waals surface area contributed by atoms with Gasteiger partial charge in [0, 0.05) is 18.2 Å². The number of aliphatic hydroxyl groups is 1. The molecule has 0 aliphatic heterocycles. The third-order valence-corrected chi connectivity index (χ3v) is 3.15. The van der Waals surface area contributed by atoms with Crippen LogP contribution in [0.25, 0.3) is 0 Å². The summed E-state index contributed by atoms with van der Waals surface area (Å²) in [5.41, 5.74) is 0. The van der Waals surface area contributed by atoms with E-state index >= 15 is 0 Å². The lowest BCUT2D eigenvalue weighted by Crippen LogP contribution is -2.39. The first-order valence-electron chi connectivity index (χ1n) is 6.43. The standard InChI is InChI=1S/C14H20BrNO4/c1-19-10-12(6-8-17)16-14(18)7-9-20-13-4-2-11(15)3-5-13/h2-5,12,17H,6-10H2,1H3,(H,16,18). The zero-order chi connectivity index (χ0) is 14.8. The van der Waals surface area contributed by atoms with Crippen molar-refractivity contribution in [2.75, 3.05) is 26.9 Å². The predicted octanol–water partition coefficient (Wildman–Crippen LogP) is 1.73. The van der Waals surface area contributed by atoms with Crippen LogP contribution in [0.5, 0.6) is 5.75 Å². The van der Waals surface area contributed by atoms with Gasteiger partial charge < -0.3 is 19.9 Å². The fourth-order valence-electron chi connectivity index (χ4n) is 1.65. The van der Waals surface area contributed by atoms with Crippen LogP contribution in [0, 0.1) is 0 Å². The van der Waals surface area contributed by atoms with Gasteiger partial charge in [0.2, 0.25) is 5.91 Å². The van der Waals surface area contributed by atoms with Gasteiger partial charge in [0.25, 0.3) is 0 Å². The lowest BCUT2D eigenvalue weighted by Gasteiger charge is -2.16. The molecule has 112 valence electrons. The van der Waals surface area contributed by atoms with Crippen LogP contribution in [0.3, 0.4) is 0 Å². The average molecular weight is 346 g/mol. The zero-order valence-electron chi connectivity index (χ0n) is 11.5. The van der Waals surface area contributed by atoms with Gasteiger partial charge in [-0.2, -0.15) is 0 Å². The first-order valence-corrected chi connectivity index (χ1v) is 7.22. The maximum atomic E-state index is 11.7. The molecule has 20 heavy (non-hydrogen) atoms. The van der Waals surface area contributed by atoms with Crippen LogP contribution in [-0.4, -0.2) is 44.0 Å². The monoisotopic (exact) mass is 345 g/mol. The van der Waals surface area contributed by atoms with Crippen LogP contribution in [0.2, 0.25) is 0 Å². The number of amides is 1. The number of halogens is 1. The van der Waals surface area contributed by atoms with E-state index in [-0.39, 0.29) is 25.0 Å². The molecule has 1 atom stereocenters. The summed E-state index contributed by atoms with van der Waals surface area (Å²) in [6.45, 7) is 0.718. The quantitative estimate of drug-likeness (QED) is 0.715. The van der Waals surface area contributed by atoms with E-state index in [0.29, 0.717) is 19.6 Å². The molecule has 0 aromatic heterocycles. The van der Waals surface area contributed by atoms with E-state index in [1.165, 1.54) is 0 Å². The second-order valence-corrected chi connectivity index (χ2v) is 5.20. The number of aliphatic hydroxyl groups excluding tert-OH is 1. The van der Waals surface area contributed by atoms with E-state index in [9.17, 15) is 4.79 Å². The SMILES string of the molecule is COCC(CCO)NC(=O)CCOc1ccc(Br)cc1. The molecule has 0 aliphatic rings. The Morgan fingerprint density at radius 3 is 2.70 bits per heavy atom. The fraction of sp³-hybridized carbons (Fsp3) is 0.500. The highest BCUT2D eigenvalue weighted by atomic mass is 79.9. The van der Waals surface area contributed by atoms with Crippen LogP contribution in [-0.2, 0) is 9.53 Å². The Balaban J connectivity index is 2.26. The molecule has 0 spiro atoms. The molecule has 0 saturated carbocycles. The summed E-state index contributed by atoms with van der Waals surface area (Å²) in [6, 6.07) is 7.27. The molecule has 1 rings (SSSR count). The van der Waals surface area contributed by atoms with E-state index in [0.717, 1.165) is 10.2 Å². The van der Waals surface area contributed by atoms with E-state index in [1.807, 2.05) is 24.3 Å². The zero-order valence-corrected chi connectivity index (χ0v) is 13.1. The fourth-order valence-corrected chi connectivity index (χ4v) is 1.91. The molecule has 0 heterocycles. The average Bonchev–Trinajstić information content (AvgIpc) is 2.41. The molecule has 0 bridgehead atoms. The lowest BCUT2D eigenvalue weighted by atomic mass is 10.2. The van der Waals surface area contributed by atoms with Crippen molar-refractivity contribution >= 4 is 21.8 Å². The van der Waals surface area contributed by atoms with Crippen molar-refractivity contribution in [2.45, 2.75) is 18.9 Å². The maximum Gasteiger partial charge on any atom is 0.223 e. The second-order valence-electron chi connectivity index (χ2n) is 4.28. The van der Waals surface area contributed by atoms with Crippen LogP contribution >= 0.6 is 15.9 Å². The Bertz CT molecular complexity index is 391. The highest BCUT2D eigenvalue weighted by Crippen LogP contribution is 2.16. The van der Waals surface area contributed by atoms with Crippen molar-refractivity contribution in [3.63, 3.8) is 0 Å². The Labute approximate surface area is 127 Å². The largest absolute Gasteiger partial charge is 0.493 e. The third kappa shape index (κ3) is 6.88. The molecule has 1 unspecified atom stereocenters. The number of carbonyl (C=O) groups excluding carboxylic acids is 1. The van der Waals surface area contributed by atoms with Gasteiger partial charge in [-0.15, -0.1) is 0 Å². The predicted molar refractivity (Wildman–Crippen MR) is 79.8 cm³/mol. The van der Waals surface area contributed by atoms with E-state index < -0.39 is 0 Å². The Kier molecular flexibility index (Phi) is 8.25. The van der Waals surface area contributed by atoms with Crippen LogP contribution in [0.1, 0.15) is 12.8 Å². The van der Waals surface area contributed by atoms with Gasteiger partial charge in [-0.25, -0.2) is 0 Å². The molecule has 1 amide bonds. The summed E-state index contributed by atoms with van der Waals surface area (Å²) < 4.78 is 11.4. The van der Waals surface area contributed by atoms with Crippen LogP contribution in [0.15, 0.2) is 28.7 Å². The van der Waals surface area contributed by atoms with Gasteiger partial charge in [0.05, 0.1) is 25.7 Å². The first kappa shape index (κ1) is 16.9. The van der Waals surface area contributed by atoms with Crippen molar-refractivity contribution in [3.05, 3.63) is 28.7 Å². The van der Waals surface area contributed by atoms with Gasteiger partial charge in [-0.1, -0.05) is 15.9 Å². The molecular weight excluding hydrogens is 326 g/mol. The number of methoxy groups -OCH3 is 1. The topological polar surface area (TPSA) is 67.8 Å². The lowest BCUT2D eigenvalue weighted by molar-refractivity contribution is -0.122. The van der Waals surface area contributed by atoms with E-state index in [1.54, 1.807) is 7.11 Å². The molecule has 1 aromatic carbocycles. The number of carbonyl (C=O) groups is 1. The normalized spacial score (nSPS) is 11.9. The van der Waals surface area contributed by atoms with Gasteiger partial charge in [-0.05, 0) is 30.7 Å². The Morgan fingerprint density at radius 1 is 1.40 bits per heavy atom. The summed E-state index contributed by atoms with van der Waals surface area (Å²) >= 11 is 3.34. The molecule has 1 aromatic rings. The second kappa shape index (κ2) is 9.74. The molecule has 0 fully saturated rings. The minimum absolute atomic E-state index is 0.0176. The molecule has 5 nitrogen and oxygen atoms in total. The van der Waals surface area contributed by atoms with E-state index in [2.05, 4.69) is 21.2 Å². The summed E-state index contributed by atoms with van der Waals surface area (Å²) in [5, 5.41) is 11.7. The van der Waals surface area contributed by atoms with Crippen LogP contribution in [0.4, 0.5) is 0 Å². The Morgan fingerprint density at radius 2 is 2.10 bits per heavy atom. The minimum Gasteiger partial charge on any atom is -0.493 e. The molecule has 2 N–H and O–H groups in total. The smallest absolute Gasteiger partial charge is 0.223 e. The van der Waals surface area contributed by atoms with Crippen molar-refractivity contribution in [2.24, 2.45) is 0 Å².